The first-order valence-corrected chi connectivity index (χ1v) is 8.59. The Hall–Kier alpha value is -2.15. The topological polar surface area (TPSA) is 64.8 Å². The SMILES string of the molecule is [B]c1cnc2c(ccn2S(=O)(=O)c2ccc(C(C)(C)C)cc2)n1. The highest BCUT2D eigenvalue weighted by Gasteiger charge is 2.21. The molecule has 0 bridgehead atoms. The molecular weight excluding hydrogens is 309 g/mol. The second-order valence-electron chi connectivity index (χ2n) is 6.39. The number of fused-ring (bicyclic) bond motifs is 1. The summed E-state index contributed by atoms with van der Waals surface area (Å²) in [4.78, 5) is 8.38. The molecule has 1 aromatic carbocycles. The van der Waals surface area contributed by atoms with Crippen molar-refractivity contribution in [3.8, 4) is 0 Å². The summed E-state index contributed by atoms with van der Waals surface area (Å²) in [6.45, 7) is 6.24. The fourth-order valence-corrected chi connectivity index (χ4v) is 3.63. The molecule has 0 aliphatic heterocycles. The van der Waals surface area contributed by atoms with Crippen LogP contribution in [0.1, 0.15) is 26.3 Å². The van der Waals surface area contributed by atoms with Crippen LogP contribution in [0.2, 0.25) is 0 Å². The minimum atomic E-state index is -3.72. The van der Waals surface area contributed by atoms with Crippen molar-refractivity contribution in [2.45, 2.75) is 31.1 Å². The first-order valence-electron chi connectivity index (χ1n) is 7.15. The van der Waals surface area contributed by atoms with Gasteiger partial charge >= 0.3 is 0 Å². The minimum absolute atomic E-state index is 0.0363. The second kappa shape index (κ2) is 5.20. The molecular formula is C16H16BN3O2S. The predicted octanol–water partition coefficient (Wildman–Crippen LogP) is 1.76. The van der Waals surface area contributed by atoms with E-state index in [1.807, 2.05) is 12.1 Å². The van der Waals surface area contributed by atoms with Crippen molar-refractivity contribution in [2.75, 3.05) is 0 Å². The number of hydrogen-bond acceptors (Lipinski definition) is 4. The maximum absolute atomic E-state index is 12.8. The van der Waals surface area contributed by atoms with Gasteiger partial charge in [0.25, 0.3) is 10.0 Å². The Labute approximate surface area is 136 Å². The zero-order valence-corrected chi connectivity index (χ0v) is 14.0. The van der Waals surface area contributed by atoms with Crippen LogP contribution in [0.25, 0.3) is 11.2 Å². The van der Waals surface area contributed by atoms with Crippen LogP contribution < -0.4 is 5.59 Å². The zero-order chi connectivity index (χ0) is 16.8. The molecule has 0 spiro atoms. The van der Waals surface area contributed by atoms with Gasteiger partial charge in [-0.1, -0.05) is 32.9 Å². The molecule has 2 heterocycles. The molecule has 23 heavy (non-hydrogen) atoms. The molecule has 0 aliphatic rings. The number of rotatable bonds is 2. The molecule has 0 unspecified atom stereocenters. The zero-order valence-electron chi connectivity index (χ0n) is 13.2. The van der Waals surface area contributed by atoms with Gasteiger partial charge in [0.1, 0.15) is 13.4 Å². The molecule has 3 aromatic rings. The third kappa shape index (κ3) is 2.76. The van der Waals surface area contributed by atoms with E-state index in [0.717, 1.165) is 9.54 Å². The highest BCUT2D eigenvalue weighted by molar-refractivity contribution is 7.90. The Morgan fingerprint density at radius 3 is 2.35 bits per heavy atom. The lowest BCUT2D eigenvalue weighted by atomic mass is 9.87. The standard InChI is InChI=1S/C16H16BN3O2S/c1-16(2,3)11-4-6-12(7-5-11)23(21,22)20-9-8-13-15(20)18-10-14(17)19-13/h4-10H,1-3H3. The van der Waals surface area contributed by atoms with Crippen LogP contribution in [0.3, 0.4) is 0 Å². The lowest BCUT2D eigenvalue weighted by Gasteiger charge is -2.19. The summed E-state index contributed by atoms with van der Waals surface area (Å²) in [6, 6.07) is 8.49. The van der Waals surface area contributed by atoms with Crippen LogP contribution in [0.5, 0.6) is 0 Å². The van der Waals surface area contributed by atoms with Crippen molar-refractivity contribution < 1.29 is 8.42 Å². The summed E-state index contributed by atoms with van der Waals surface area (Å²) >= 11 is 0. The normalized spacial score (nSPS) is 12.7. The van der Waals surface area contributed by atoms with Crippen LogP contribution in [0, 0.1) is 0 Å². The molecule has 0 aliphatic carbocycles. The van der Waals surface area contributed by atoms with Crippen LogP contribution in [0.15, 0.2) is 47.6 Å². The number of hydrogen-bond donors (Lipinski definition) is 0. The molecule has 0 fully saturated rings. The third-order valence-corrected chi connectivity index (χ3v) is 5.33. The molecule has 0 N–H and O–H groups in total. The number of nitrogens with zero attached hydrogens (tertiary/aromatic N) is 3. The maximum atomic E-state index is 12.8. The first kappa shape index (κ1) is 15.7. The molecule has 5 nitrogen and oxygen atoms in total. The monoisotopic (exact) mass is 325 g/mol. The van der Waals surface area contributed by atoms with Crippen LogP contribution in [-0.2, 0) is 15.4 Å². The van der Waals surface area contributed by atoms with Crippen molar-refractivity contribution in [3.63, 3.8) is 0 Å². The molecule has 0 atom stereocenters. The van der Waals surface area contributed by atoms with Crippen LogP contribution in [-0.4, -0.2) is 30.2 Å². The Morgan fingerprint density at radius 2 is 1.74 bits per heavy atom. The van der Waals surface area contributed by atoms with E-state index < -0.39 is 10.0 Å². The average molecular weight is 325 g/mol. The highest BCUT2D eigenvalue weighted by Crippen LogP contribution is 2.25. The van der Waals surface area contributed by atoms with E-state index in [1.54, 1.807) is 18.2 Å². The lowest BCUT2D eigenvalue weighted by molar-refractivity contribution is 0.583. The van der Waals surface area contributed by atoms with E-state index in [-0.39, 0.29) is 21.6 Å². The van der Waals surface area contributed by atoms with Crippen molar-refractivity contribution in [1.82, 2.24) is 13.9 Å². The van der Waals surface area contributed by atoms with E-state index in [1.165, 1.54) is 12.4 Å². The average Bonchev–Trinajstić information content (AvgIpc) is 2.90. The molecule has 0 saturated heterocycles. The van der Waals surface area contributed by atoms with Gasteiger partial charge in [0, 0.05) is 18.0 Å². The van der Waals surface area contributed by atoms with Crippen molar-refractivity contribution in [2.24, 2.45) is 0 Å². The van der Waals surface area contributed by atoms with E-state index >= 15 is 0 Å². The molecule has 0 saturated carbocycles. The molecule has 0 amide bonds. The smallest absolute Gasteiger partial charge is 0.259 e. The summed E-state index contributed by atoms with van der Waals surface area (Å²) in [7, 11) is 1.85. The minimum Gasteiger partial charge on any atom is -0.259 e. The largest absolute Gasteiger partial charge is 0.269 e. The van der Waals surface area contributed by atoms with Gasteiger partial charge in [0.05, 0.1) is 4.90 Å². The predicted molar refractivity (Wildman–Crippen MR) is 90.6 cm³/mol. The highest BCUT2D eigenvalue weighted by atomic mass is 32.2. The van der Waals surface area contributed by atoms with Gasteiger partial charge < -0.3 is 0 Å². The number of benzene rings is 1. The number of aromatic nitrogens is 3. The van der Waals surface area contributed by atoms with Crippen molar-refractivity contribution >= 4 is 34.6 Å². The summed E-state index contributed by atoms with van der Waals surface area (Å²) < 4.78 is 26.8. The summed E-state index contributed by atoms with van der Waals surface area (Å²) in [5, 5.41) is 0. The molecule has 7 heteroatoms. The molecule has 2 aromatic heterocycles. The summed E-state index contributed by atoms with van der Waals surface area (Å²) in [5.41, 5.74) is 1.99. The van der Waals surface area contributed by atoms with Gasteiger partial charge in [-0.3, -0.25) is 4.98 Å². The summed E-state index contributed by atoms with van der Waals surface area (Å²) in [5.74, 6) is 0. The Balaban J connectivity index is 2.10. The van der Waals surface area contributed by atoms with Gasteiger partial charge in [0.15, 0.2) is 5.65 Å². The quantitative estimate of drug-likeness (QED) is 0.674. The molecule has 3 rings (SSSR count). The summed E-state index contributed by atoms with van der Waals surface area (Å²) in [6.07, 6.45) is 2.79. The Kier molecular flexibility index (Phi) is 3.56. The lowest BCUT2D eigenvalue weighted by Crippen LogP contribution is -2.15. The second-order valence-corrected chi connectivity index (χ2v) is 8.21. The molecule has 2 radical (unpaired) electrons. The first-order chi connectivity index (χ1) is 10.7. The van der Waals surface area contributed by atoms with E-state index in [2.05, 4.69) is 30.7 Å². The van der Waals surface area contributed by atoms with Crippen molar-refractivity contribution in [3.05, 3.63) is 48.3 Å². The van der Waals surface area contributed by atoms with Crippen LogP contribution >= 0.6 is 0 Å². The third-order valence-electron chi connectivity index (χ3n) is 3.65. The fourth-order valence-electron chi connectivity index (χ4n) is 2.34. The fraction of sp³-hybridized carbons (Fsp3) is 0.250. The van der Waals surface area contributed by atoms with Gasteiger partial charge in [-0.2, -0.15) is 0 Å². The van der Waals surface area contributed by atoms with E-state index in [9.17, 15) is 8.42 Å². The Morgan fingerprint density at radius 1 is 1.09 bits per heavy atom. The van der Waals surface area contributed by atoms with Gasteiger partial charge in [0.2, 0.25) is 0 Å². The van der Waals surface area contributed by atoms with Gasteiger partial charge in [-0.05, 0) is 29.2 Å². The van der Waals surface area contributed by atoms with Crippen LogP contribution in [0.4, 0.5) is 0 Å². The van der Waals surface area contributed by atoms with Gasteiger partial charge in [-0.25, -0.2) is 17.4 Å². The van der Waals surface area contributed by atoms with Crippen molar-refractivity contribution in [1.29, 1.82) is 0 Å². The molecule has 116 valence electrons. The Bertz CT molecular complexity index is 971. The maximum Gasteiger partial charge on any atom is 0.269 e. The van der Waals surface area contributed by atoms with Gasteiger partial charge in [-0.15, -0.1) is 0 Å². The van der Waals surface area contributed by atoms with E-state index in [4.69, 9.17) is 7.85 Å². The van der Waals surface area contributed by atoms with E-state index in [0.29, 0.717) is 5.52 Å².